The van der Waals surface area contributed by atoms with Crippen LogP contribution in [-0.4, -0.2) is 4.57 Å². The zero-order chi connectivity index (χ0) is 12.3. The Bertz CT molecular complexity index is 623. The van der Waals surface area contributed by atoms with Crippen LogP contribution in [0.25, 0.3) is 0 Å². The molecule has 0 spiro atoms. The first kappa shape index (κ1) is 11.4. The third kappa shape index (κ3) is 2.74. The topological polar surface area (TPSA) is 45.8 Å². The zero-order valence-electron chi connectivity index (χ0n) is 8.93. The van der Waals surface area contributed by atoms with Crippen molar-refractivity contribution in [3.8, 4) is 6.07 Å². The second-order valence-corrected chi connectivity index (χ2v) is 4.06. The van der Waals surface area contributed by atoms with Gasteiger partial charge in [-0.15, -0.1) is 0 Å². The van der Waals surface area contributed by atoms with Gasteiger partial charge in [-0.2, -0.15) is 5.26 Å². The molecule has 0 aliphatic carbocycles. The van der Waals surface area contributed by atoms with E-state index in [0.717, 1.165) is 5.56 Å². The Kier molecular flexibility index (Phi) is 3.27. The van der Waals surface area contributed by atoms with Gasteiger partial charge in [0.05, 0.1) is 23.2 Å². The Hall–Kier alpha value is -2.05. The Morgan fingerprint density at radius 1 is 1.18 bits per heavy atom. The van der Waals surface area contributed by atoms with Gasteiger partial charge in [0.25, 0.3) is 5.56 Å². The number of nitrogens with zero attached hydrogens (tertiary/aromatic N) is 2. The van der Waals surface area contributed by atoms with Crippen LogP contribution >= 0.6 is 11.6 Å². The molecule has 2 rings (SSSR count). The molecule has 4 heteroatoms. The van der Waals surface area contributed by atoms with Crippen LogP contribution < -0.4 is 5.56 Å². The molecule has 0 unspecified atom stereocenters. The summed E-state index contributed by atoms with van der Waals surface area (Å²) in [6, 6.07) is 12.2. The minimum absolute atomic E-state index is 0.0984. The summed E-state index contributed by atoms with van der Waals surface area (Å²) < 4.78 is 1.53. The van der Waals surface area contributed by atoms with Crippen LogP contribution in [0.5, 0.6) is 0 Å². The summed E-state index contributed by atoms with van der Waals surface area (Å²) >= 11 is 5.83. The molecule has 0 atom stereocenters. The molecule has 0 saturated carbocycles. The summed E-state index contributed by atoms with van der Waals surface area (Å²) in [6.07, 6.45) is 1.60. The normalized spacial score (nSPS) is 9.88. The molecule has 0 fully saturated rings. The molecule has 0 aliphatic heterocycles. The fraction of sp³-hybridized carbons (Fsp3) is 0.0769. The van der Waals surface area contributed by atoms with Crippen molar-refractivity contribution in [3.63, 3.8) is 0 Å². The quantitative estimate of drug-likeness (QED) is 0.815. The van der Waals surface area contributed by atoms with Gasteiger partial charge in [-0.25, -0.2) is 0 Å². The summed E-state index contributed by atoms with van der Waals surface area (Å²) in [5, 5.41) is 9.20. The third-order valence-corrected chi connectivity index (χ3v) is 2.61. The lowest BCUT2D eigenvalue weighted by Gasteiger charge is -2.05. The number of hydrogen-bond donors (Lipinski definition) is 0. The van der Waals surface area contributed by atoms with E-state index in [1.54, 1.807) is 24.4 Å². The highest BCUT2D eigenvalue weighted by Gasteiger charge is 1.99. The molecule has 2 aromatic rings. The average Bonchev–Trinajstić information content (AvgIpc) is 2.35. The highest BCUT2D eigenvalue weighted by molar-refractivity contribution is 6.30. The van der Waals surface area contributed by atoms with Crippen LogP contribution in [0.2, 0.25) is 5.02 Å². The van der Waals surface area contributed by atoms with E-state index in [1.807, 2.05) is 18.2 Å². The highest BCUT2D eigenvalue weighted by Crippen LogP contribution is 2.07. The summed E-state index contributed by atoms with van der Waals surface area (Å²) in [4.78, 5) is 11.6. The van der Waals surface area contributed by atoms with Crippen molar-refractivity contribution in [1.82, 2.24) is 4.57 Å². The van der Waals surface area contributed by atoms with Gasteiger partial charge >= 0.3 is 0 Å². The first-order valence-corrected chi connectivity index (χ1v) is 5.42. The van der Waals surface area contributed by atoms with Crippen molar-refractivity contribution in [3.05, 3.63) is 69.1 Å². The molecule has 1 heterocycles. The van der Waals surface area contributed by atoms with Crippen LogP contribution in [0.15, 0.2) is 47.4 Å². The number of aromatic nitrogens is 1. The summed E-state index contributed by atoms with van der Waals surface area (Å²) in [7, 11) is 0. The number of nitriles is 1. The first-order chi connectivity index (χ1) is 8.19. The minimum atomic E-state index is -0.0984. The SMILES string of the molecule is N#Cc1ccc(Cn2cc(Cl)ccc2=O)cc1. The lowest BCUT2D eigenvalue weighted by atomic mass is 10.1. The van der Waals surface area contributed by atoms with Crippen LogP contribution in [0.4, 0.5) is 0 Å². The molecular formula is C13H9ClN2O. The van der Waals surface area contributed by atoms with Gasteiger partial charge in [0.2, 0.25) is 0 Å². The molecule has 1 aromatic heterocycles. The van der Waals surface area contributed by atoms with Crippen molar-refractivity contribution in [1.29, 1.82) is 5.26 Å². The Morgan fingerprint density at radius 2 is 1.88 bits per heavy atom. The second-order valence-electron chi connectivity index (χ2n) is 3.62. The van der Waals surface area contributed by atoms with Crippen molar-refractivity contribution < 1.29 is 0 Å². The van der Waals surface area contributed by atoms with Gasteiger partial charge in [0.15, 0.2) is 0 Å². The van der Waals surface area contributed by atoms with E-state index in [0.29, 0.717) is 17.1 Å². The standard InChI is InChI=1S/C13H9ClN2O/c14-12-5-6-13(17)16(9-12)8-11-3-1-10(7-15)2-4-11/h1-6,9H,8H2. The summed E-state index contributed by atoms with van der Waals surface area (Å²) in [6.45, 7) is 0.450. The average molecular weight is 245 g/mol. The second kappa shape index (κ2) is 4.86. The van der Waals surface area contributed by atoms with Crippen LogP contribution in [0, 0.1) is 11.3 Å². The van der Waals surface area contributed by atoms with Gasteiger partial charge < -0.3 is 4.57 Å². The molecule has 0 bridgehead atoms. The van der Waals surface area contributed by atoms with Crippen molar-refractivity contribution in [2.75, 3.05) is 0 Å². The minimum Gasteiger partial charge on any atom is -0.310 e. The zero-order valence-corrected chi connectivity index (χ0v) is 9.69. The lowest BCUT2D eigenvalue weighted by molar-refractivity contribution is 0.759. The smallest absolute Gasteiger partial charge is 0.250 e. The number of rotatable bonds is 2. The van der Waals surface area contributed by atoms with Gasteiger partial charge in [-0.1, -0.05) is 23.7 Å². The van der Waals surface area contributed by atoms with Crippen molar-refractivity contribution in [2.45, 2.75) is 6.54 Å². The van der Waals surface area contributed by atoms with Crippen LogP contribution in [0.1, 0.15) is 11.1 Å². The molecule has 17 heavy (non-hydrogen) atoms. The van der Waals surface area contributed by atoms with Crippen molar-refractivity contribution in [2.24, 2.45) is 0 Å². The van der Waals surface area contributed by atoms with Gasteiger partial charge in [-0.3, -0.25) is 4.79 Å². The maximum absolute atomic E-state index is 11.6. The van der Waals surface area contributed by atoms with Crippen LogP contribution in [0.3, 0.4) is 0 Å². The summed E-state index contributed by atoms with van der Waals surface area (Å²) in [5.74, 6) is 0. The molecule has 84 valence electrons. The molecule has 0 radical (unpaired) electrons. The van der Waals surface area contributed by atoms with Crippen molar-refractivity contribution >= 4 is 11.6 Å². The molecule has 0 aliphatic rings. The first-order valence-electron chi connectivity index (χ1n) is 5.04. The van der Waals surface area contributed by atoms with E-state index in [1.165, 1.54) is 10.6 Å². The van der Waals surface area contributed by atoms with E-state index >= 15 is 0 Å². The number of pyridine rings is 1. The largest absolute Gasteiger partial charge is 0.310 e. The number of halogens is 1. The van der Waals surface area contributed by atoms with Gasteiger partial charge in [-0.05, 0) is 23.8 Å². The van der Waals surface area contributed by atoms with E-state index in [4.69, 9.17) is 16.9 Å². The van der Waals surface area contributed by atoms with Gasteiger partial charge in [0, 0.05) is 12.3 Å². The lowest BCUT2D eigenvalue weighted by Crippen LogP contribution is -2.18. The monoisotopic (exact) mass is 244 g/mol. The maximum Gasteiger partial charge on any atom is 0.250 e. The fourth-order valence-electron chi connectivity index (χ4n) is 1.51. The summed E-state index contributed by atoms with van der Waals surface area (Å²) in [5.41, 5.74) is 1.46. The Morgan fingerprint density at radius 3 is 2.53 bits per heavy atom. The fourth-order valence-corrected chi connectivity index (χ4v) is 1.69. The number of hydrogen-bond acceptors (Lipinski definition) is 2. The van der Waals surface area contributed by atoms with E-state index < -0.39 is 0 Å². The molecule has 1 aromatic carbocycles. The molecule has 3 nitrogen and oxygen atoms in total. The van der Waals surface area contributed by atoms with Gasteiger partial charge in [0.1, 0.15) is 0 Å². The molecule has 0 N–H and O–H groups in total. The maximum atomic E-state index is 11.6. The highest BCUT2D eigenvalue weighted by atomic mass is 35.5. The third-order valence-electron chi connectivity index (χ3n) is 2.38. The van der Waals surface area contributed by atoms with E-state index in [9.17, 15) is 4.79 Å². The van der Waals surface area contributed by atoms with Crippen LogP contribution in [-0.2, 0) is 6.54 Å². The van der Waals surface area contributed by atoms with E-state index in [2.05, 4.69) is 0 Å². The predicted molar refractivity (Wildman–Crippen MR) is 66.0 cm³/mol. The Balaban J connectivity index is 2.28. The predicted octanol–water partition coefficient (Wildman–Crippen LogP) is 2.42. The number of benzene rings is 1. The molecule has 0 saturated heterocycles. The molecule has 0 amide bonds. The molecular weight excluding hydrogens is 236 g/mol. The van der Waals surface area contributed by atoms with E-state index in [-0.39, 0.29) is 5.56 Å². The Labute approximate surface area is 104 Å².